The Morgan fingerprint density at radius 3 is 1.67 bits per heavy atom. The summed E-state index contributed by atoms with van der Waals surface area (Å²) in [6.45, 7) is 5.45. The Morgan fingerprint density at radius 2 is 1.23 bits per heavy atom. The average molecular weight is 428 g/mol. The van der Waals surface area contributed by atoms with Crippen LogP contribution in [0.4, 0.5) is 0 Å². The number of hydrogen-bond donors (Lipinski definition) is 2. The first-order chi connectivity index (χ1) is 14.3. The molecule has 0 aliphatic carbocycles. The fourth-order valence-electron chi connectivity index (χ4n) is 3.70. The van der Waals surface area contributed by atoms with E-state index in [0.29, 0.717) is 19.3 Å². The molecule has 0 aromatic heterocycles. The molecule has 0 amide bonds. The summed E-state index contributed by atoms with van der Waals surface area (Å²) in [5.74, 6) is -2.62. The number of carboxylic acid groups (broad SMARTS) is 3. The van der Waals surface area contributed by atoms with Gasteiger partial charge in [-0.05, 0) is 63.9 Å². The molecule has 0 unspecified atom stereocenters. The van der Waals surface area contributed by atoms with Crippen LogP contribution in [0.25, 0.3) is 0 Å². The van der Waals surface area contributed by atoms with Crippen molar-refractivity contribution in [3.8, 4) is 0 Å². The molecular formula is C23H41NO6. The summed E-state index contributed by atoms with van der Waals surface area (Å²) >= 11 is 0. The summed E-state index contributed by atoms with van der Waals surface area (Å²) in [6, 6.07) is 0. The van der Waals surface area contributed by atoms with Crippen molar-refractivity contribution in [1.29, 1.82) is 0 Å². The minimum Gasteiger partial charge on any atom is -0.550 e. The number of unbranched alkanes of at least 4 members (excludes halogenated alkanes) is 6. The summed E-state index contributed by atoms with van der Waals surface area (Å²) in [5, 5.41) is 28.5. The van der Waals surface area contributed by atoms with Crippen LogP contribution in [-0.4, -0.2) is 58.8 Å². The third kappa shape index (κ3) is 17.0. The first-order valence-electron chi connectivity index (χ1n) is 11.4. The number of quaternary nitrogens is 1. The molecular weight excluding hydrogens is 386 g/mol. The Kier molecular flexibility index (Phi) is 16.8. The van der Waals surface area contributed by atoms with Gasteiger partial charge >= 0.3 is 11.9 Å². The zero-order chi connectivity index (χ0) is 22.7. The molecule has 0 aromatic carbocycles. The summed E-state index contributed by atoms with van der Waals surface area (Å²) in [5.41, 5.74) is 0. The van der Waals surface area contributed by atoms with E-state index >= 15 is 0 Å². The maximum Gasteiger partial charge on any atom is 0.303 e. The predicted octanol–water partition coefficient (Wildman–Crippen LogP) is 3.37. The predicted molar refractivity (Wildman–Crippen MR) is 115 cm³/mol. The monoisotopic (exact) mass is 427 g/mol. The first kappa shape index (κ1) is 28.1. The fraction of sp³-hybridized carbons (Fsp3) is 0.783. The van der Waals surface area contributed by atoms with Crippen molar-refractivity contribution in [3.63, 3.8) is 0 Å². The smallest absolute Gasteiger partial charge is 0.303 e. The van der Waals surface area contributed by atoms with Gasteiger partial charge in [-0.15, -0.1) is 0 Å². The first-order valence-corrected chi connectivity index (χ1v) is 11.4. The molecule has 7 heteroatoms. The van der Waals surface area contributed by atoms with Crippen LogP contribution in [0.2, 0.25) is 0 Å². The average Bonchev–Trinajstić information content (AvgIpc) is 2.68. The van der Waals surface area contributed by atoms with Gasteiger partial charge < -0.3 is 24.6 Å². The summed E-state index contributed by atoms with van der Waals surface area (Å²) in [6.07, 6.45) is 13.5. The minimum atomic E-state index is -1.04. The SMILES string of the molecule is CCCCC/C=C/C[N+](CCCCC(=O)[O-])(CCCCC(=O)O)CCCCC(=O)O. The fourth-order valence-corrected chi connectivity index (χ4v) is 3.70. The van der Waals surface area contributed by atoms with Crippen molar-refractivity contribution < 1.29 is 34.2 Å². The lowest BCUT2D eigenvalue weighted by atomic mass is 10.1. The van der Waals surface area contributed by atoms with Gasteiger partial charge in [-0.25, -0.2) is 0 Å². The highest BCUT2D eigenvalue weighted by Gasteiger charge is 2.25. The molecule has 0 aromatic rings. The number of nitrogens with zero attached hydrogens (tertiary/aromatic N) is 1. The Bertz CT molecular complexity index is 463. The number of carbonyl (C=O) groups excluding carboxylic acids is 1. The van der Waals surface area contributed by atoms with E-state index in [1.165, 1.54) is 12.8 Å². The van der Waals surface area contributed by atoms with Gasteiger partial charge in [0.25, 0.3) is 0 Å². The second-order valence-electron chi connectivity index (χ2n) is 8.19. The van der Waals surface area contributed by atoms with Gasteiger partial charge in [0.2, 0.25) is 0 Å². The van der Waals surface area contributed by atoms with Crippen molar-refractivity contribution >= 4 is 17.9 Å². The molecule has 0 saturated carbocycles. The molecule has 0 rings (SSSR count). The third-order valence-electron chi connectivity index (χ3n) is 5.44. The van der Waals surface area contributed by atoms with E-state index in [9.17, 15) is 19.5 Å². The lowest BCUT2D eigenvalue weighted by Gasteiger charge is -2.38. The molecule has 7 nitrogen and oxygen atoms in total. The zero-order valence-corrected chi connectivity index (χ0v) is 18.7. The molecule has 30 heavy (non-hydrogen) atoms. The maximum atomic E-state index is 10.8. The lowest BCUT2D eigenvalue weighted by Crippen LogP contribution is -2.50. The number of carboxylic acids is 3. The number of allylic oxidation sites excluding steroid dienone is 1. The molecule has 0 spiro atoms. The van der Waals surface area contributed by atoms with E-state index in [-0.39, 0.29) is 19.3 Å². The molecule has 0 saturated heterocycles. The van der Waals surface area contributed by atoms with Gasteiger partial charge in [-0.2, -0.15) is 0 Å². The van der Waals surface area contributed by atoms with Gasteiger partial charge in [0.05, 0.1) is 26.2 Å². The maximum absolute atomic E-state index is 10.8. The number of hydrogen-bond acceptors (Lipinski definition) is 4. The molecule has 0 fully saturated rings. The third-order valence-corrected chi connectivity index (χ3v) is 5.44. The Labute approximate surface area is 181 Å². The molecule has 0 heterocycles. The van der Waals surface area contributed by atoms with Gasteiger partial charge in [0, 0.05) is 18.8 Å². The second-order valence-corrected chi connectivity index (χ2v) is 8.19. The van der Waals surface area contributed by atoms with Crippen LogP contribution >= 0.6 is 0 Å². The molecule has 0 aliphatic rings. The Morgan fingerprint density at radius 1 is 0.733 bits per heavy atom. The largest absolute Gasteiger partial charge is 0.550 e. The van der Waals surface area contributed by atoms with Crippen LogP contribution in [0, 0.1) is 0 Å². The van der Waals surface area contributed by atoms with Crippen molar-refractivity contribution in [3.05, 3.63) is 12.2 Å². The van der Waals surface area contributed by atoms with Crippen LogP contribution in [0.15, 0.2) is 12.2 Å². The summed E-state index contributed by atoms with van der Waals surface area (Å²) in [4.78, 5) is 32.4. The van der Waals surface area contributed by atoms with Gasteiger partial charge in [0.15, 0.2) is 0 Å². The summed E-state index contributed by atoms with van der Waals surface area (Å²) < 4.78 is 0.760. The number of carbonyl (C=O) groups is 3. The Balaban J connectivity index is 5.00. The highest BCUT2D eigenvalue weighted by atomic mass is 16.4. The Hall–Kier alpha value is -1.89. The van der Waals surface area contributed by atoms with E-state index in [4.69, 9.17) is 10.2 Å². The van der Waals surface area contributed by atoms with Crippen LogP contribution in [0.3, 0.4) is 0 Å². The van der Waals surface area contributed by atoms with Crippen LogP contribution in [0.5, 0.6) is 0 Å². The molecule has 0 atom stereocenters. The topological polar surface area (TPSA) is 115 Å². The highest BCUT2D eigenvalue weighted by molar-refractivity contribution is 5.66. The van der Waals surface area contributed by atoms with Crippen LogP contribution < -0.4 is 5.11 Å². The van der Waals surface area contributed by atoms with Crippen LogP contribution in [-0.2, 0) is 14.4 Å². The second kappa shape index (κ2) is 17.9. The van der Waals surface area contributed by atoms with Gasteiger partial charge in [-0.3, -0.25) is 9.59 Å². The molecule has 174 valence electrons. The zero-order valence-electron chi connectivity index (χ0n) is 18.7. The normalized spacial score (nSPS) is 11.8. The quantitative estimate of drug-likeness (QED) is 0.165. The van der Waals surface area contributed by atoms with E-state index in [0.717, 1.165) is 62.8 Å². The van der Waals surface area contributed by atoms with Crippen molar-refractivity contribution in [2.45, 2.75) is 90.4 Å². The van der Waals surface area contributed by atoms with E-state index in [2.05, 4.69) is 19.1 Å². The minimum absolute atomic E-state index is 0.0465. The number of aliphatic carboxylic acids is 3. The highest BCUT2D eigenvalue weighted by Crippen LogP contribution is 2.17. The molecule has 2 N–H and O–H groups in total. The summed E-state index contributed by atoms with van der Waals surface area (Å²) in [7, 11) is 0. The van der Waals surface area contributed by atoms with E-state index in [1.54, 1.807) is 0 Å². The van der Waals surface area contributed by atoms with E-state index < -0.39 is 17.9 Å². The van der Waals surface area contributed by atoms with Crippen molar-refractivity contribution in [1.82, 2.24) is 0 Å². The number of rotatable bonds is 21. The van der Waals surface area contributed by atoms with Crippen molar-refractivity contribution in [2.75, 3.05) is 26.2 Å². The molecule has 0 aliphatic heterocycles. The molecule has 0 bridgehead atoms. The van der Waals surface area contributed by atoms with Gasteiger partial charge in [0.1, 0.15) is 0 Å². The lowest BCUT2D eigenvalue weighted by molar-refractivity contribution is -0.923. The molecule has 0 radical (unpaired) electrons. The van der Waals surface area contributed by atoms with E-state index in [1.807, 2.05) is 0 Å². The van der Waals surface area contributed by atoms with Crippen molar-refractivity contribution in [2.24, 2.45) is 0 Å². The van der Waals surface area contributed by atoms with Crippen LogP contribution in [0.1, 0.15) is 90.4 Å². The van der Waals surface area contributed by atoms with Gasteiger partial charge in [-0.1, -0.05) is 25.8 Å². The standard InChI is InChI=1S/C23H41NO6/c1-2-3-4-5-6-10-17-24(18-11-7-14-21(25)26,19-12-8-15-22(27)28)20-13-9-16-23(29)30/h6,10H,2-5,7-9,11-20H2,1H3,(H2-,25,26,27,28,29,30)/b10-6+.